The molecule has 0 unspecified atom stereocenters. The second-order valence-corrected chi connectivity index (χ2v) is 10.3. The molecular formula is C26H51N3O6S. The van der Waals surface area contributed by atoms with Crippen LogP contribution < -0.4 is 16.4 Å². The molecule has 0 aliphatic heterocycles. The zero-order valence-electron chi connectivity index (χ0n) is 22.6. The summed E-state index contributed by atoms with van der Waals surface area (Å²) in [6.45, 7) is 2.52. The third kappa shape index (κ3) is 20.7. The highest BCUT2D eigenvalue weighted by molar-refractivity contribution is 7.99. The number of thioether (sulfide) groups is 1. The Bertz CT molecular complexity index is 568. The van der Waals surface area contributed by atoms with E-state index in [-0.39, 0.29) is 0 Å². The summed E-state index contributed by atoms with van der Waals surface area (Å²) in [5, 5.41) is 14.2. The lowest BCUT2D eigenvalue weighted by atomic mass is 10.0. The first-order chi connectivity index (χ1) is 17.5. The maximum Gasteiger partial charge on any atom is 0.407 e. The van der Waals surface area contributed by atoms with Crippen molar-refractivity contribution in [1.82, 2.24) is 10.6 Å². The molecule has 0 rings (SSSR count). The van der Waals surface area contributed by atoms with Crippen LogP contribution in [0.1, 0.15) is 96.8 Å². The molecule has 2 amide bonds. The third-order valence-electron chi connectivity index (χ3n) is 5.87. The van der Waals surface area contributed by atoms with E-state index >= 15 is 0 Å². The van der Waals surface area contributed by atoms with Gasteiger partial charge in [-0.15, -0.1) is 0 Å². The quantitative estimate of drug-likeness (QED) is 0.108. The number of alkyl carbamates (subject to hydrolysis) is 1. The van der Waals surface area contributed by atoms with Crippen LogP contribution in [0.25, 0.3) is 0 Å². The monoisotopic (exact) mass is 533 g/mol. The number of amides is 2. The number of methoxy groups -OCH3 is 1. The minimum atomic E-state index is -1.13. The van der Waals surface area contributed by atoms with E-state index in [9.17, 15) is 14.4 Å². The molecule has 0 aliphatic rings. The fraction of sp³-hybridized carbons (Fsp3) is 0.885. The summed E-state index contributed by atoms with van der Waals surface area (Å²) in [5.74, 6) is -0.411. The molecule has 212 valence electrons. The Morgan fingerprint density at radius 3 is 1.92 bits per heavy atom. The summed E-state index contributed by atoms with van der Waals surface area (Å²) < 4.78 is 9.68. The van der Waals surface area contributed by atoms with Crippen LogP contribution in [0.5, 0.6) is 0 Å². The van der Waals surface area contributed by atoms with Gasteiger partial charge in [-0.2, -0.15) is 11.8 Å². The summed E-state index contributed by atoms with van der Waals surface area (Å²) >= 11 is 1.39. The number of carbonyl (C=O) groups is 3. The molecule has 0 heterocycles. The Hall–Kier alpha value is -1.52. The standard InChI is InChI=1S/C26H51N3O6S/c1-3-4-5-6-7-8-9-10-11-12-13-14-15-16-18-35-26(33)28-17-19-36-21-22(27)24(31)29-23(20-30)25(32)34-2/h22-23,30H,3-21,27H2,1-2H3,(H,28,33)(H,29,31)/t22-,23-/m0/s1. The number of aliphatic hydroxyl groups is 1. The van der Waals surface area contributed by atoms with E-state index in [1.54, 1.807) is 0 Å². The number of esters is 1. The second kappa shape index (κ2) is 25.1. The normalized spacial score (nSPS) is 12.6. The van der Waals surface area contributed by atoms with Gasteiger partial charge in [0, 0.05) is 18.1 Å². The molecule has 0 spiro atoms. The van der Waals surface area contributed by atoms with E-state index in [0.29, 0.717) is 24.7 Å². The number of rotatable bonds is 24. The number of nitrogens with one attached hydrogen (secondary N) is 2. The summed E-state index contributed by atoms with van der Waals surface area (Å²) in [6.07, 6.45) is 17.6. The minimum Gasteiger partial charge on any atom is -0.467 e. The van der Waals surface area contributed by atoms with Gasteiger partial charge in [0.05, 0.1) is 26.4 Å². The molecule has 0 aromatic carbocycles. The fourth-order valence-corrected chi connectivity index (χ4v) is 4.44. The molecule has 2 atom stereocenters. The van der Waals surface area contributed by atoms with Crippen molar-refractivity contribution in [3.8, 4) is 0 Å². The van der Waals surface area contributed by atoms with Gasteiger partial charge in [0.25, 0.3) is 0 Å². The summed E-state index contributed by atoms with van der Waals surface area (Å²) in [6, 6.07) is -1.98. The van der Waals surface area contributed by atoms with Crippen LogP contribution in [0, 0.1) is 0 Å². The average Bonchev–Trinajstić information content (AvgIpc) is 2.88. The Kier molecular flexibility index (Phi) is 24.1. The van der Waals surface area contributed by atoms with E-state index in [4.69, 9.17) is 15.6 Å². The van der Waals surface area contributed by atoms with Crippen molar-refractivity contribution >= 4 is 29.7 Å². The number of ether oxygens (including phenoxy) is 2. The summed E-state index contributed by atoms with van der Waals surface area (Å²) in [4.78, 5) is 35.1. The average molecular weight is 534 g/mol. The van der Waals surface area contributed by atoms with Gasteiger partial charge in [-0.05, 0) is 6.42 Å². The van der Waals surface area contributed by atoms with Crippen molar-refractivity contribution in [1.29, 1.82) is 0 Å². The van der Waals surface area contributed by atoms with Crippen molar-refractivity contribution < 1.29 is 29.0 Å². The number of hydrogen-bond acceptors (Lipinski definition) is 8. The SMILES string of the molecule is CCCCCCCCCCCCCCCCOC(=O)NCCSC[C@H](N)C(=O)N[C@@H](CO)C(=O)OC. The van der Waals surface area contributed by atoms with E-state index in [1.165, 1.54) is 95.9 Å². The van der Waals surface area contributed by atoms with Gasteiger partial charge < -0.3 is 30.9 Å². The molecule has 0 aliphatic carbocycles. The van der Waals surface area contributed by atoms with E-state index in [1.807, 2.05) is 0 Å². The number of aliphatic hydroxyl groups excluding tert-OH is 1. The number of nitrogens with two attached hydrogens (primary N) is 1. The van der Waals surface area contributed by atoms with Crippen molar-refractivity contribution in [3.63, 3.8) is 0 Å². The second-order valence-electron chi connectivity index (χ2n) is 9.11. The van der Waals surface area contributed by atoms with Crippen molar-refractivity contribution in [2.45, 2.75) is 109 Å². The highest BCUT2D eigenvalue weighted by Gasteiger charge is 2.23. The molecule has 0 saturated heterocycles. The lowest BCUT2D eigenvalue weighted by molar-refractivity contribution is -0.146. The molecule has 0 bridgehead atoms. The molecule has 0 saturated carbocycles. The zero-order valence-corrected chi connectivity index (χ0v) is 23.4. The maximum absolute atomic E-state index is 12.0. The summed E-state index contributed by atoms with van der Waals surface area (Å²) in [7, 11) is 1.17. The van der Waals surface area contributed by atoms with Crippen LogP contribution in [-0.4, -0.2) is 73.5 Å². The van der Waals surface area contributed by atoms with Crippen LogP contribution in [-0.2, 0) is 19.1 Å². The van der Waals surface area contributed by atoms with Crippen LogP contribution in [0.2, 0.25) is 0 Å². The molecule has 10 heteroatoms. The Labute approximate surface area is 222 Å². The number of carbonyl (C=O) groups excluding carboxylic acids is 3. The van der Waals surface area contributed by atoms with Gasteiger partial charge in [0.2, 0.25) is 5.91 Å². The van der Waals surface area contributed by atoms with Gasteiger partial charge in [-0.1, -0.05) is 90.4 Å². The molecule has 0 radical (unpaired) electrons. The summed E-state index contributed by atoms with van der Waals surface area (Å²) in [5.41, 5.74) is 5.80. The highest BCUT2D eigenvalue weighted by atomic mass is 32.2. The van der Waals surface area contributed by atoms with Crippen LogP contribution in [0.15, 0.2) is 0 Å². The highest BCUT2D eigenvalue weighted by Crippen LogP contribution is 2.13. The Balaban J connectivity index is 3.50. The molecule has 0 aromatic heterocycles. The predicted molar refractivity (Wildman–Crippen MR) is 146 cm³/mol. The van der Waals surface area contributed by atoms with Crippen LogP contribution in [0.4, 0.5) is 4.79 Å². The molecule has 9 nitrogen and oxygen atoms in total. The van der Waals surface area contributed by atoms with Gasteiger partial charge in [-0.25, -0.2) is 9.59 Å². The minimum absolute atomic E-state index is 0.306. The number of hydrogen-bond donors (Lipinski definition) is 4. The topological polar surface area (TPSA) is 140 Å². The van der Waals surface area contributed by atoms with Crippen molar-refractivity contribution in [3.05, 3.63) is 0 Å². The predicted octanol–water partition coefficient (Wildman–Crippen LogP) is 3.90. The molecule has 5 N–H and O–H groups in total. The molecule has 0 fully saturated rings. The molecular weight excluding hydrogens is 482 g/mol. The smallest absolute Gasteiger partial charge is 0.407 e. The third-order valence-corrected chi connectivity index (χ3v) is 6.95. The van der Waals surface area contributed by atoms with E-state index < -0.39 is 36.7 Å². The Morgan fingerprint density at radius 2 is 1.42 bits per heavy atom. The number of unbranched alkanes of at least 4 members (excludes halogenated alkanes) is 13. The van der Waals surface area contributed by atoms with Gasteiger partial charge in [0.1, 0.15) is 0 Å². The first-order valence-electron chi connectivity index (χ1n) is 13.7. The first-order valence-corrected chi connectivity index (χ1v) is 14.8. The molecule has 36 heavy (non-hydrogen) atoms. The van der Waals surface area contributed by atoms with Gasteiger partial charge >= 0.3 is 12.1 Å². The Morgan fingerprint density at radius 1 is 0.889 bits per heavy atom. The maximum atomic E-state index is 12.0. The first kappa shape index (κ1) is 34.5. The lowest BCUT2D eigenvalue weighted by Crippen LogP contribution is -2.51. The van der Waals surface area contributed by atoms with Crippen LogP contribution >= 0.6 is 11.8 Å². The van der Waals surface area contributed by atoms with Crippen molar-refractivity contribution in [2.24, 2.45) is 5.73 Å². The van der Waals surface area contributed by atoms with Gasteiger partial charge in [0.15, 0.2) is 6.04 Å². The van der Waals surface area contributed by atoms with Crippen LogP contribution in [0.3, 0.4) is 0 Å². The van der Waals surface area contributed by atoms with Crippen molar-refractivity contribution in [2.75, 3.05) is 38.4 Å². The van der Waals surface area contributed by atoms with E-state index in [0.717, 1.165) is 12.8 Å². The van der Waals surface area contributed by atoms with Gasteiger partial charge in [-0.3, -0.25) is 4.79 Å². The fourth-order valence-electron chi connectivity index (χ4n) is 3.62. The largest absolute Gasteiger partial charge is 0.467 e. The van der Waals surface area contributed by atoms with E-state index in [2.05, 4.69) is 22.3 Å². The molecule has 0 aromatic rings. The zero-order chi connectivity index (χ0) is 26.9. The lowest BCUT2D eigenvalue weighted by Gasteiger charge is -2.17.